The third-order valence-corrected chi connectivity index (χ3v) is 6.00. The maximum Gasteiger partial charge on any atom is 0.258 e. The zero-order valence-corrected chi connectivity index (χ0v) is 16.8. The lowest BCUT2D eigenvalue weighted by molar-refractivity contribution is 0.0960. The highest BCUT2D eigenvalue weighted by Crippen LogP contribution is 2.31. The third kappa shape index (κ3) is 3.61. The summed E-state index contributed by atoms with van der Waals surface area (Å²) >= 11 is 6.00. The molecular weight excluding hydrogens is 382 g/mol. The zero-order valence-electron chi connectivity index (χ0n) is 16.1. The number of fused-ring (bicyclic) bond motifs is 3. The number of nitrogens with one attached hydrogen (secondary N) is 1. The minimum atomic E-state index is -0.0298. The van der Waals surface area contributed by atoms with Gasteiger partial charge in [0.2, 0.25) is 0 Å². The van der Waals surface area contributed by atoms with Gasteiger partial charge in [-0.3, -0.25) is 9.69 Å². The van der Waals surface area contributed by atoms with Gasteiger partial charge in [0.1, 0.15) is 5.82 Å². The summed E-state index contributed by atoms with van der Waals surface area (Å²) in [6, 6.07) is 15.9. The lowest BCUT2D eigenvalue weighted by atomic mass is 9.99. The molecule has 0 unspecified atom stereocenters. The fourth-order valence-electron chi connectivity index (χ4n) is 4.19. The molecule has 0 aliphatic carbocycles. The SMILES string of the molecule is O=C1NC2=CC(CN3CC=C(c4ccc(Cl)cc4)CC3)=CCN2c2ccccc21. The minimum absolute atomic E-state index is 0.0298. The van der Waals surface area contributed by atoms with Crippen molar-refractivity contribution in [1.29, 1.82) is 0 Å². The fraction of sp³-hybridized carbons (Fsp3) is 0.208. The Kier molecular flexibility index (Phi) is 4.74. The summed E-state index contributed by atoms with van der Waals surface area (Å²) in [5, 5.41) is 3.81. The van der Waals surface area contributed by atoms with Crippen LogP contribution in [-0.2, 0) is 0 Å². The molecule has 29 heavy (non-hydrogen) atoms. The second-order valence-electron chi connectivity index (χ2n) is 7.61. The highest BCUT2D eigenvalue weighted by atomic mass is 35.5. The van der Waals surface area contributed by atoms with E-state index in [9.17, 15) is 4.79 Å². The molecule has 0 spiro atoms. The standard InChI is InChI=1S/C24H22ClN3O/c25-20-7-5-18(6-8-20)19-10-12-27(13-11-19)16-17-9-14-28-22-4-2-1-3-21(22)24(29)26-23(28)15-17/h1-10,15H,11-14,16H2,(H,26,29). The quantitative estimate of drug-likeness (QED) is 0.821. The van der Waals surface area contributed by atoms with Gasteiger partial charge >= 0.3 is 0 Å². The molecule has 0 radical (unpaired) electrons. The van der Waals surface area contributed by atoms with Crippen LogP contribution in [0.3, 0.4) is 0 Å². The molecule has 5 heteroatoms. The predicted molar refractivity (Wildman–Crippen MR) is 118 cm³/mol. The molecule has 0 atom stereocenters. The average Bonchev–Trinajstić information content (AvgIpc) is 2.75. The van der Waals surface area contributed by atoms with Crippen molar-refractivity contribution in [2.24, 2.45) is 0 Å². The molecule has 0 aromatic heterocycles. The minimum Gasteiger partial charge on any atom is -0.323 e. The van der Waals surface area contributed by atoms with Crippen LogP contribution in [0.2, 0.25) is 5.02 Å². The van der Waals surface area contributed by atoms with Gasteiger partial charge < -0.3 is 10.2 Å². The van der Waals surface area contributed by atoms with E-state index in [0.29, 0.717) is 0 Å². The Morgan fingerprint density at radius 1 is 1.00 bits per heavy atom. The van der Waals surface area contributed by atoms with E-state index in [1.54, 1.807) is 0 Å². The summed E-state index contributed by atoms with van der Waals surface area (Å²) in [6.45, 7) is 3.61. The maximum absolute atomic E-state index is 12.4. The Hall–Kier alpha value is -2.82. The van der Waals surface area contributed by atoms with Crippen molar-refractivity contribution >= 4 is 28.8 Å². The molecule has 0 saturated carbocycles. The number of anilines is 1. The highest BCUT2D eigenvalue weighted by Gasteiger charge is 2.28. The van der Waals surface area contributed by atoms with Crippen molar-refractivity contribution < 1.29 is 4.79 Å². The molecule has 3 heterocycles. The Labute approximate surface area is 175 Å². The smallest absolute Gasteiger partial charge is 0.258 e. The Balaban J connectivity index is 1.27. The second kappa shape index (κ2) is 7.54. The Morgan fingerprint density at radius 2 is 1.83 bits per heavy atom. The van der Waals surface area contributed by atoms with Crippen molar-refractivity contribution in [2.75, 3.05) is 31.1 Å². The number of benzene rings is 2. The van der Waals surface area contributed by atoms with Gasteiger partial charge in [-0.15, -0.1) is 0 Å². The molecule has 2 aromatic carbocycles. The number of halogens is 1. The maximum atomic E-state index is 12.4. The number of para-hydroxylation sites is 1. The monoisotopic (exact) mass is 403 g/mol. The van der Waals surface area contributed by atoms with Crippen molar-refractivity contribution in [1.82, 2.24) is 10.2 Å². The van der Waals surface area contributed by atoms with Crippen LogP contribution in [0.1, 0.15) is 22.3 Å². The van der Waals surface area contributed by atoms with Crippen molar-refractivity contribution in [3.8, 4) is 0 Å². The van der Waals surface area contributed by atoms with Crippen molar-refractivity contribution in [3.63, 3.8) is 0 Å². The van der Waals surface area contributed by atoms with Crippen LogP contribution in [0.5, 0.6) is 0 Å². The molecular formula is C24H22ClN3O. The van der Waals surface area contributed by atoms with Crippen LogP contribution in [0.4, 0.5) is 5.69 Å². The largest absolute Gasteiger partial charge is 0.323 e. The van der Waals surface area contributed by atoms with E-state index in [4.69, 9.17) is 11.6 Å². The number of amides is 1. The van der Waals surface area contributed by atoms with Gasteiger partial charge in [-0.05, 0) is 53.5 Å². The first-order valence-corrected chi connectivity index (χ1v) is 10.3. The molecule has 4 nitrogen and oxygen atoms in total. The van der Waals surface area contributed by atoms with Gasteiger partial charge in [-0.25, -0.2) is 0 Å². The Bertz CT molecular complexity index is 1050. The van der Waals surface area contributed by atoms with Gasteiger partial charge in [0.05, 0.1) is 11.3 Å². The first kappa shape index (κ1) is 18.2. The number of rotatable bonds is 3. The summed E-state index contributed by atoms with van der Waals surface area (Å²) in [7, 11) is 0. The normalized spacial score (nSPS) is 18.9. The van der Waals surface area contributed by atoms with Gasteiger partial charge in [0, 0.05) is 31.2 Å². The lowest BCUT2D eigenvalue weighted by Crippen LogP contribution is -2.43. The van der Waals surface area contributed by atoms with E-state index >= 15 is 0 Å². The van der Waals surface area contributed by atoms with Crippen molar-refractivity contribution in [2.45, 2.75) is 6.42 Å². The number of nitrogens with zero attached hydrogens (tertiary/aromatic N) is 2. The summed E-state index contributed by atoms with van der Waals surface area (Å²) < 4.78 is 0. The van der Waals surface area contributed by atoms with Gasteiger partial charge in [0.15, 0.2) is 0 Å². The molecule has 146 valence electrons. The summed E-state index contributed by atoms with van der Waals surface area (Å²) in [5.41, 5.74) is 5.60. The van der Waals surface area contributed by atoms with Crippen LogP contribution >= 0.6 is 11.6 Å². The van der Waals surface area contributed by atoms with Crippen molar-refractivity contribution in [3.05, 3.63) is 94.3 Å². The van der Waals surface area contributed by atoms with E-state index in [0.717, 1.165) is 54.7 Å². The summed E-state index contributed by atoms with van der Waals surface area (Å²) in [5.74, 6) is 0.846. The van der Waals surface area contributed by atoms with E-state index < -0.39 is 0 Å². The van der Waals surface area contributed by atoms with Gasteiger partial charge in [-0.1, -0.05) is 48.0 Å². The third-order valence-electron chi connectivity index (χ3n) is 5.74. The molecule has 3 aliphatic heterocycles. The molecule has 3 aliphatic rings. The predicted octanol–water partition coefficient (Wildman–Crippen LogP) is 4.46. The molecule has 5 rings (SSSR count). The number of hydrogen-bond acceptors (Lipinski definition) is 3. The first-order valence-electron chi connectivity index (χ1n) is 9.93. The van der Waals surface area contributed by atoms with E-state index in [1.165, 1.54) is 16.7 Å². The van der Waals surface area contributed by atoms with Crippen LogP contribution in [0, 0.1) is 0 Å². The highest BCUT2D eigenvalue weighted by molar-refractivity contribution is 6.30. The first-order chi connectivity index (χ1) is 14.2. The lowest BCUT2D eigenvalue weighted by Gasteiger charge is -2.36. The zero-order chi connectivity index (χ0) is 19.8. The molecule has 0 fully saturated rings. The molecule has 2 aromatic rings. The number of carbonyl (C=O) groups excluding carboxylic acids is 1. The number of hydrogen-bond donors (Lipinski definition) is 1. The molecule has 1 amide bonds. The van der Waals surface area contributed by atoms with Crippen LogP contribution in [0.25, 0.3) is 5.57 Å². The van der Waals surface area contributed by atoms with E-state index in [2.05, 4.69) is 45.5 Å². The molecule has 0 saturated heterocycles. The van der Waals surface area contributed by atoms with Gasteiger partial charge in [0.25, 0.3) is 5.91 Å². The average molecular weight is 404 g/mol. The molecule has 0 bridgehead atoms. The molecule has 1 N–H and O–H groups in total. The second-order valence-corrected chi connectivity index (χ2v) is 8.05. The fourth-order valence-corrected chi connectivity index (χ4v) is 4.31. The van der Waals surface area contributed by atoms with Crippen LogP contribution in [-0.4, -0.2) is 37.0 Å². The Morgan fingerprint density at radius 3 is 2.62 bits per heavy atom. The topological polar surface area (TPSA) is 35.6 Å². The van der Waals surface area contributed by atoms with Crippen LogP contribution < -0.4 is 10.2 Å². The number of carbonyl (C=O) groups is 1. The van der Waals surface area contributed by atoms with E-state index in [1.807, 2.05) is 36.4 Å². The van der Waals surface area contributed by atoms with Gasteiger partial charge in [-0.2, -0.15) is 0 Å². The van der Waals surface area contributed by atoms with E-state index in [-0.39, 0.29) is 5.91 Å². The van der Waals surface area contributed by atoms with Crippen LogP contribution in [0.15, 0.2) is 78.2 Å². The summed E-state index contributed by atoms with van der Waals surface area (Å²) in [4.78, 5) is 17.0. The summed E-state index contributed by atoms with van der Waals surface area (Å²) in [6.07, 6.45) is 7.71.